The summed E-state index contributed by atoms with van der Waals surface area (Å²) in [6.07, 6.45) is 8.48. The van der Waals surface area contributed by atoms with Crippen LogP contribution in [-0.4, -0.2) is 23.5 Å². The molecule has 1 amide bonds. The SMILES string of the molecule is Cc1ccc2cccc(OCC(=O)NC3CCCCCCC3)c2n1. The smallest absolute Gasteiger partial charge is 0.258 e. The maximum atomic E-state index is 12.2. The summed E-state index contributed by atoms with van der Waals surface area (Å²) in [4.78, 5) is 16.8. The summed E-state index contributed by atoms with van der Waals surface area (Å²) in [6, 6.07) is 10.1. The van der Waals surface area contributed by atoms with Crippen molar-refractivity contribution >= 4 is 16.8 Å². The van der Waals surface area contributed by atoms with Gasteiger partial charge >= 0.3 is 0 Å². The van der Waals surface area contributed by atoms with E-state index >= 15 is 0 Å². The number of nitrogens with one attached hydrogen (secondary N) is 1. The Kier molecular flexibility index (Phi) is 5.68. The lowest BCUT2D eigenvalue weighted by atomic mass is 9.97. The van der Waals surface area contributed by atoms with Crippen LogP contribution in [0.15, 0.2) is 30.3 Å². The van der Waals surface area contributed by atoms with Gasteiger partial charge in [0, 0.05) is 17.1 Å². The van der Waals surface area contributed by atoms with E-state index in [9.17, 15) is 4.79 Å². The minimum absolute atomic E-state index is 0.0368. The molecule has 3 rings (SSSR count). The predicted molar refractivity (Wildman–Crippen MR) is 96.2 cm³/mol. The summed E-state index contributed by atoms with van der Waals surface area (Å²) < 4.78 is 5.76. The van der Waals surface area contributed by atoms with Crippen molar-refractivity contribution in [3.63, 3.8) is 0 Å². The largest absolute Gasteiger partial charge is 0.481 e. The number of ether oxygens (including phenoxy) is 1. The first kappa shape index (κ1) is 16.7. The molecule has 1 aromatic carbocycles. The van der Waals surface area contributed by atoms with Gasteiger partial charge in [-0.15, -0.1) is 0 Å². The Morgan fingerprint density at radius 1 is 1.12 bits per heavy atom. The average molecular weight is 326 g/mol. The molecule has 1 N–H and O–H groups in total. The van der Waals surface area contributed by atoms with E-state index in [-0.39, 0.29) is 12.5 Å². The van der Waals surface area contributed by atoms with Gasteiger partial charge in [0.1, 0.15) is 11.3 Å². The van der Waals surface area contributed by atoms with Crippen molar-refractivity contribution in [1.82, 2.24) is 10.3 Å². The number of hydrogen-bond acceptors (Lipinski definition) is 3. The number of pyridine rings is 1. The molecule has 0 aliphatic heterocycles. The zero-order chi connectivity index (χ0) is 16.8. The standard InChI is InChI=1S/C20H26N2O2/c1-15-12-13-16-8-7-11-18(20(16)21-15)24-14-19(23)22-17-9-5-3-2-4-6-10-17/h7-8,11-13,17H,2-6,9-10,14H2,1H3,(H,22,23). The van der Waals surface area contributed by atoms with Crippen LogP contribution < -0.4 is 10.1 Å². The fourth-order valence-corrected chi connectivity index (χ4v) is 3.35. The number of hydrogen-bond donors (Lipinski definition) is 1. The minimum atomic E-state index is -0.0368. The summed E-state index contributed by atoms with van der Waals surface area (Å²) in [5.41, 5.74) is 1.76. The number of fused-ring (bicyclic) bond motifs is 1. The van der Waals surface area contributed by atoms with Crippen LogP contribution >= 0.6 is 0 Å². The van der Waals surface area contributed by atoms with E-state index in [0.717, 1.165) is 29.4 Å². The lowest BCUT2D eigenvalue weighted by molar-refractivity contribution is -0.123. The third-order valence-corrected chi connectivity index (χ3v) is 4.65. The lowest BCUT2D eigenvalue weighted by Gasteiger charge is -2.21. The second-order valence-corrected chi connectivity index (χ2v) is 6.68. The highest BCUT2D eigenvalue weighted by molar-refractivity contribution is 5.85. The maximum absolute atomic E-state index is 12.2. The van der Waals surface area contributed by atoms with Gasteiger partial charge in [0.2, 0.25) is 0 Å². The molecule has 0 atom stereocenters. The van der Waals surface area contributed by atoms with Crippen molar-refractivity contribution in [2.24, 2.45) is 0 Å². The second kappa shape index (κ2) is 8.13. The number of rotatable bonds is 4. The quantitative estimate of drug-likeness (QED) is 0.918. The van der Waals surface area contributed by atoms with Crippen molar-refractivity contribution in [2.45, 2.75) is 57.9 Å². The van der Waals surface area contributed by atoms with Crippen LogP contribution in [0.5, 0.6) is 5.75 Å². The zero-order valence-electron chi connectivity index (χ0n) is 14.4. The highest BCUT2D eigenvalue weighted by Gasteiger charge is 2.14. The molecule has 1 aliphatic carbocycles. The molecule has 0 bridgehead atoms. The first-order valence-electron chi connectivity index (χ1n) is 9.01. The molecule has 1 saturated carbocycles. The first-order valence-corrected chi connectivity index (χ1v) is 9.01. The summed E-state index contributed by atoms with van der Waals surface area (Å²) in [5, 5.41) is 4.16. The van der Waals surface area contributed by atoms with E-state index in [1.54, 1.807) is 0 Å². The van der Waals surface area contributed by atoms with Gasteiger partial charge in [-0.05, 0) is 31.9 Å². The Labute approximate surface area is 143 Å². The van der Waals surface area contributed by atoms with Crippen molar-refractivity contribution in [3.05, 3.63) is 36.0 Å². The van der Waals surface area contributed by atoms with Crippen molar-refractivity contribution in [1.29, 1.82) is 0 Å². The van der Waals surface area contributed by atoms with Crippen LogP contribution in [0.1, 0.15) is 50.6 Å². The number of aryl methyl sites for hydroxylation is 1. The first-order chi connectivity index (χ1) is 11.7. The molecular weight excluding hydrogens is 300 g/mol. The van der Waals surface area contributed by atoms with Gasteiger partial charge < -0.3 is 10.1 Å². The Morgan fingerprint density at radius 3 is 2.67 bits per heavy atom. The van der Waals surface area contributed by atoms with Crippen LogP contribution in [0.3, 0.4) is 0 Å². The van der Waals surface area contributed by atoms with Gasteiger partial charge in [0.05, 0.1) is 0 Å². The zero-order valence-corrected chi connectivity index (χ0v) is 14.4. The Hall–Kier alpha value is -2.10. The van der Waals surface area contributed by atoms with Crippen LogP contribution in [0.4, 0.5) is 0 Å². The van der Waals surface area contributed by atoms with Gasteiger partial charge in [-0.1, -0.05) is 50.3 Å². The lowest BCUT2D eigenvalue weighted by Crippen LogP contribution is -2.38. The van der Waals surface area contributed by atoms with E-state index < -0.39 is 0 Å². The normalized spacial score (nSPS) is 16.4. The molecule has 1 aliphatic rings. The van der Waals surface area contributed by atoms with E-state index in [1.165, 1.54) is 32.1 Å². The number of para-hydroxylation sites is 1. The van der Waals surface area contributed by atoms with E-state index in [4.69, 9.17) is 4.74 Å². The van der Waals surface area contributed by atoms with Crippen molar-refractivity contribution in [3.8, 4) is 5.75 Å². The number of benzene rings is 1. The fraction of sp³-hybridized carbons (Fsp3) is 0.500. The number of carbonyl (C=O) groups excluding carboxylic acids is 1. The molecule has 1 fully saturated rings. The highest BCUT2D eigenvalue weighted by Crippen LogP contribution is 2.24. The molecule has 4 nitrogen and oxygen atoms in total. The van der Waals surface area contributed by atoms with Gasteiger partial charge in [-0.3, -0.25) is 4.79 Å². The third kappa shape index (κ3) is 4.47. The summed E-state index contributed by atoms with van der Waals surface area (Å²) in [6.45, 7) is 2.00. The number of nitrogens with zero attached hydrogens (tertiary/aromatic N) is 1. The molecule has 1 aromatic heterocycles. The third-order valence-electron chi connectivity index (χ3n) is 4.65. The van der Waals surface area contributed by atoms with Gasteiger partial charge in [-0.25, -0.2) is 4.98 Å². The molecular formula is C20H26N2O2. The van der Waals surface area contributed by atoms with Gasteiger partial charge in [0.15, 0.2) is 6.61 Å². The molecule has 0 spiro atoms. The average Bonchev–Trinajstić information content (AvgIpc) is 2.55. The highest BCUT2D eigenvalue weighted by atomic mass is 16.5. The topological polar surface area (TPSA) is 51.2 Å². The van der Waals surface area contributed by atoms with Crippen molar-refractivity contribution < 1.29 is 9.53 Å². The Balaban J connectivity index is 1.59. The van der Waals surface area contributed by atoms with Crippen molar-refractivity contribution in [2.75, 3.05) is 6.61 Å². The summed E-state index contributed by atoms with van der Waals surface area (Å²) in [7, 11) is 0. The number of amides is 1. The molecule has 4 heteroatoms. The molecule has 128 valence electrons. The van der Waals surface area contributed by atoms with Crippen LogP contribution in [0, 0.1) is 6.92 Å². The molecule has 0 radical (unpaired) electrons. The maximum Gasteiger partial charge on any atom is 0.258 e. The van der Waals surface area contributed by atoms with Crippen LogP contribution in [0.25, 0.3) is 10.9 Å². The van der Waals surface area contributed by atoms with Gasteiger partial charge in [0.25, 0.3) is 5.91 Å². The molecule has 1 heterocycles. The molecule has 2 aromatic rings. The van der Waals surface area contributed by atoms with E-state index in [0.29, 0.717) is 11.8 Å². The summed E-state index contributed by atoms with van der Waals surface area (Å²) >= 11 is 0. The molecule has 24 heavy (non-hydrogen) atoms. The number of aromatic nitrogens is 1. The molecule has 0 saturated heterocycles. The van der Waals surface area contributed by atoms with E-state index in [2.05, 4.69) is 10.3 Å². The van der Waals surface area contributed by atoms with E-state index in [1.807, 2.05) is 37.3 Å². The molecule has 0 unspecified atom stereocenters. The summed E-state index contributed by atoms with van der Waals surface area (Å²) in [5.74, 6) is 0.634. The van der Waals surface area contributed by atoms with Crippen LogP contribution in [0.2, 0.25) is 0 Å². The minimum Gasteiger partial charge on any atom is -0.481 e. The predicted octanol–water partition coefficient (Wildman–Crippen LogP) is 4.15. The van der Waals surface area contributed by atoms with Crippen LogP contribution in [-0.2, 0) is 4.79 Å². The Morgan fingerprint density at radius 2 is 1.88 bits per heavy atom. The monoisotopic (exact) mass is 326 g/mol. The number of carbonyl (C=O) groups is 1. The Bertz CT molecular complexity index is 691. The second-order valence-electron chi connectivity index (χ2n) is 6.68. The fourth-order valence-electron chi connectivity index (χ4n) is 3.35. The van der Waals surface area contributed by atoms with Gasteiger partial charge in [-0.2, -0.15) is 0 Å².